The molecule has 0 fully saturated rings. The van der Waals surface area contributed by atoms with Gasteiger partial charge in [0, 0.05) is 12.8 Å². The van der Waals surface area contributed by atoms with Gasteiger partial charge < -0.3 is 34.4 Å². The van der Waals surface area contributed by atoms with Crippen LogP contribution in [-0.4, -0.2) is 81.6 Å². The molecule has 0 aromatic carbocycles. The minimum absolute atomic E-state index is 0.0239. The van der Waals surface area contributed by atoms with Crippen LogP contribution in [0.15, 0.2) is 48.6 Å². The van der Waals surface area contributed by atoms with Crippen LogP contribution in [0.25, 0.3) is 0 Å². The van der Waals surface area contributed by atoms with Crippen LogP contribution in [0.3, 0.4) is 0 Å². The molecule has 0 aromatic rings. The van der Waals surface area contributed by atoms with Crippen LogP contribution < -0.4 is 0 Å². The van der Waals surface area contributed by atoms with Crippen molar-refractivity contribution in [2.75, 3.05) is 26.4 Å². The highest BCUT2D eigenvalue weighted by Gasteiger charge is 2.28. The molecule has 0 bridgehead atoms. The van der Waals surface area contributed by atoms with Gasteiger partial charge in [0.25, 0.3) is 0 Å². The van der Waals surface area contributed by atoms with E-state index in [1.54, 1.807) is 6.08 Å². The molecular formula is C47H86O14P2. The second kappa shape index (κ2) is 41.5. The van der Waals surface area contributed by atoms with E-state index >= 15 is 0 Å². The van der Waals surface area contributed by atoms with E-state index in [2.05, 4.69) is 35.9 Å². The average Bonchev–Trinajstić information content (AvgIpc) is 3.23. The molecule has 5 N–H and O–H groups in total. The van der Waals surface area contributed by atoms with Crippen LogP contribution in [0.5, 0.6) is 0 Å². The maximum atomic E-state index is 12.7. The Bertz CT molecular complexity index is 1330. The van der Waals surface area contributed by atoms with Gasteiger partial charge in [-0.2, -0.15) is 0 Å². The molecule has 0 aliphatic heterocycles. The molecular weight excluding hydrogens is 850 g/mol. The zero-order valence-electron chi connectivity index (χ0n) is 38.9. The summed E-state index contributed by atoms with van der Waals surface area (Å²) in [4.78, 5) is 52.8. The lowest BCUT2D eigenvalue weighted by Gasteiger charge is -2.20. The van der Waals surface area contributed by atoms with Gasteiger partial charge in [-0.05, 0) is 50.9 Å². The van der Waals surface area contributed by atoms with Crippen LogP contribution in [0.1, 0.15) is 188 Å². The van der Waals surface area contributed by atoms with Gasteiger partial charge in [0.1, 0.15) is 12.7 Å². The Kier molecular flexibility index (Phi) is 40.2. The monoisotopic (exact) mass is 937 g/mol. The first kappa shape index (κ1) is 61.0. The fourth-order valence-corrected chi connectivity index (χ4v) is 7.47. The average molecular weight is 937 g/mol. The van der Waals surface area contributed by atoms with Gasteiger partial charge in [0.2, 0.25) is 0 Å². The number of carbonyl (C=O) groups is 2. The second-order valence-electron chi connectivity index (χ2n) is 16.7. The first-order chi connectivity index (χ1) is 30.1. The van der Waals surface area contributed by atoms with Crippen molar-refractivity contribution in [3.05, 3.63) is 48.6 Å². The standard InChI is InChI=1S/C47H86O14P2/c1-4-5-6-7-24-29-34-43(48)35-30-25-20-17-18-22-27-32-37-47(51)61-45(41-60-63(55,56)59-39-44(49)38-58-62(52,53)54)40-57-46(50)36-31-26-21-16-14-12-10-8-9-11-13-15-19-23-28-33-42(2)3/h18,20,22,24-25,29-30,35,42-45,48-49H,4-17,19,21,23,26-28,31-34,36-41H2,1-3H3,(H,55,56)(H2,52,53,54)/b22-18-,25-20-,29-24-,35-30+/t43-,44-,45+/m0/s1. The molecule has 4 atom stereocenters. The van der Waals surface area contributed by atoms with Gasteiger partial charge in [-0.15, -0.1) is 0 Å². The number of aliphatic hydroxyl groups is 2. The molecule has 0 amide bonds. The van der Waals surface area contributed by atoms with Crippen molar-refractivity contribution in [2.24, 2.45) is 5.92 Å². The largest absolute Gasteiger partial charge is 0.472 e. The minimum atomic E-state index is -4.88. The number of ether oxygens (including phenoxy) is 2. The summed E-state index contributed by atoms with van der Waals surface area (Å²) in [6, 6.07) is 0. The maximum absolute atomic E-state index is 12.7. The summed E-state index contributed by atoms with van der Waals surface area (Å²) >= 11 is 0. The molecule has 0 rings (SSSR count). The Morgan fingerprint density at radius 1 is 0.571 bits per heavy atom. The highest BCUT2D eigenvalue weighted by Crippen LogP contribution is 2.43. The zero-order chi connectivity index (χ0) is 46.9. The molecule has 0 heterocycles. The van der Waals surface area contributed by atoms with Crippen molar-refractivity contribution in [1.29, 1.82) is 0 Å². The highest BCUT2D eigenvalue weighted by atomic mass is 31.2. The predicted octanol–water partition coefficient (Wildman–Crippen LogP) is 11.4. The molecule has 0 aromatic heterocycles. The molecule has 16 heteroatoms. The summed E-state index contributed by atoms with van der Waals surface area (Å²) in [7, 11) is -9.72. The quantitative estimate of drug-likeness (QED) is 0.0126. The van der Waals surface area contributed by atoms with Crippen molar-refractivity contribution in [3.8, 4) is 0 Å². The number of hydrogen-bond acceptors (Lipinski definition) is 11. The number of allylic oxidation sites excluding steroid dienone is 6. The Morgan fingerprint density at radius 3 is 1.71 bits per heavy atom. The third kappa shape index (κ3) is 46.4. The summed E-state index contributed by atoms with van der Waals surface area (Å²) in [5.74, 6) is -0.319. The number of esters is 2. The van der Waals surface area contributed by atoms with Gasteiger partial charge in [0.15, 0.2) is 6.10 Å². The number of rotatable bonds is 44. The molecule has 0 spiro atoms. The van der Waals surface area contributed by atoms with Gasteiger partial charge in [-0.3, -0.25) is 23.2 Å². The third-order valence-electron chi connectivity index (χ3n) is 9.97. The smallest absolute Gasteiger partial charge is 0.462 e. The number of hydrogen-bond donors (Lipinski definition) is 5. The summed E-state index contributed by atoms with van der Waals surface area (Å²) in [6.45, 7) is 3.93. The number of carbonyl (C=O) groups excluding carboxylic acids is 2. The first-order valence-electron chi connectivity index (χ1n) is 23.8. The number of phosphoric acid groups is 2. The van der Waals surface area contributed by atoms with Gasteiger partial charge >= 0.3 is 27.6 Å². The summed E-state index contributed by atoms with van der Waals surface area (Å²) in [5, 5.41) is 19.8. The van der Waals surface area contributed by atoms with Gasteiger partial charge in [-0.25, -0.2) is 9.13 Å². The minimum Gasteiger partial charge on any atom is -0.462 e. The molecule has 0 radical (unpaired) electrons. The summed E-state index contributed by atoms with van der Waals surface area (Å²) in [5.41, 5.74) is 0. The summed E-state index contributed by atoms with van der Waals surface area (Å²) in [6.07, 6.45) is 38.5. The van der Waals surface area contributed by atoms with Gasteiger partial charge in [0.05, 0.1) is 25.9 Å². The normalized spacial score (nSPS) is 14.9. The molecule has 0 aliphatic rings. The Morgan fingerprint density at radius 2 is 1.11 bits per heavy atom. The van der Waals surface area contributed by atoms with Crippen LogP contribution in [0.4, 0.5) is 0 Å². The fraction of sp³-hybridized carbons (Fsp3) is 0.787. The Balaban J connectivity index is 4.59. The van der Waals surface area contributed by atoms with Crippen molar-refractivity contribution < 1.29 is 66.7 Å². The van der Waals surface area contributed by atoms with E-state index in [0.29, 0.717) is 32.1 Å². The van der Waals surface area contributed by atoms with E-state index < -0.39 is 72.3 Å². The SMILES string of the molecule is CCCCC/C=C\C[C@H](O)/C=C/C=C\C/C=C\CCCC(=O)O[C@H](COC(=O)CCCCCCCCCCCCCCCCCC(C)C)COP(=O)(O)OC[C@@H](O)COP(=O)(O)O. The van der Waals surface area contributed by atoms with Crippen LogP contribution in [0.2, 0.25) is 0 Å². The highest BCUT2D eigenvalue weighted by molar-refractivity contribution is 7.47. The molecule has 0 saturated heterocycles. The topological polar surface area (TPSA) is 216 Å². The molecule has 0 saturated carbocycles. The Labute approximate surface area is 380 Å². The molecule has 63 heavy (non-hydrogen) atoms. The zero-order valence-corrected chi connectivity index (χ0v) is 40.7. The second-order valence-corrected chi connectivity index (χ2v) is 19.4. The van der Waals surface area contributed by atoms with Crippen molar-refractivity contribution in [3.63, 3.8) is 0 Å². The number of unbranched alkanes of at least 4 members (excludes halogenated alkanes) is 18. The molecule has 14 nitrogen and oxygen atoms in total. The van der Waals surface area contributed by atoms with E-state index in [-0.39, 0.29) is 12.8 Å². The van der Waals surface area contributed by atoms with Gasteiger partial charge in [-0.1, -0.05) is 179 Å². The lowest BCUT2D eigenvalue weighted by Crippen LogP contribution is -2.29. The van der Waals surface area contributed by atoms with Crippen molar-refractivity contribution in [2.45, 2.75) is 206 Å². The van der Waals surface area contributed by atoms with Crippen LogP contribution >= 0.6 is 15.6 Å². The number of phosphoric ester groups is 2. The van der Waals surface area contributed by atoms with E-state index in [4.69, 9.17) is 23.8 Å². The third-order valence-corrected chi connectivity index (χ3v) is 11.4. The van der Waals surface area contributed by atoms with E-state index in [1.165, 1.54) is 96.3 Å². The van der Waals surface area contributed by atoms with Crippen molar-refractivity contribution >= 4 is 27.6 Å². The number of aliphatic hydroxyl groups excluding tert-OH is 2. The van der Waals surface area contributed by atoms with Crippen LogP contribution in [-0.2, 0) is 41.8 Å². The van der Waals surface area contributed by atoms with E-state index in [0.717, 1.165) is 31.6 Å². The maximum Gasteiger partial charge on any atom is 0.472 e. The van der Waals surface area contributed by atoms with E-state index in [9.17, 15) is 33.8 Å². The molecule has 0 aliphatic carbocycles. The summed E-state index contributed by atoms with van der Waals surface area (Å²) < 4.78 is 47.8. The molecule has 1 unspecified atom stereocenters. The Hall–Kier alpha value is -1.96. The fourth-order valence-electron chi connectivity index (χ4n) is 6.32. The van der Waals surface area contributed by atoms with Crippen LogP contribution in [0, 0.1) is 5.92 Å². The molecule has 368 valence electrons. The first-order valence-corrected chi connectivity index (χ1v) is 26.8. The van der Waals surface area contributed by atoms with E-state index in [1.807, 2.05) is 36.5 Å². The predicted molar refractivity (Wildman–Crippen MR) is 250 cm³/mol. The lowest BCUT2D eigenvalue weighted by atomic mass is 10.0. The van der Waals surface area contributed by atoms with Crippen molar-refractivity contribution in [1.82, 2.24) is 0 Å². The lowest BCUT2D eigenvalue weighted by molar-refractivity contribution is -0.161.